The van der Waals surface area contributed by atoms with E-state index in [1.54, 1.807) is 18.7 Å². The summed E-state index contributed by atoms with van der Waals surface area (Å²) in [6.07, 6.45) is 5.12. The van der Waals surface area contributed by atoms with Gasteiger partial charge in [-0.3, -0.25) is 4.98 Å². The van der Waals surface area contributed by atoms with Crippen LogP contribution in [-0.4, -0.2) is 21.5 Å². The van der Waals surface area contributed by atoms with Gasteiger partial charge in [0.25, 0.3) is 0 Å². The molecule has 0 aliphatic carbocycles. The highest BCUT2D eigenvalue weighted by atomic mass is 15.0. The fourth-order valence-electron chi connectivity index (χ4n) is 1.60. The first-order valence-corrected chi connectivity index (χ1v) is 5.28. The van der Waals surface area contributed by atoms with Gasteiger partial charge in [0.05, 0.1) is 5.69 Å². The second-order valence-electron chi connectivity index (χ2n) is 3.46. The molecule has 0 saturated heterocycles. The Balaban J connectivity index is 2.46. The van der Waals surface area contributed by atoms with Gasteiger partial charge in [-0.15, -0.1) is 0 Å². The summed E-state index contributed by atoms with van der Waals surface area (Å²) in [5, 5.41) is 3.22. The van der Waals surface area contributed by atoms with Crippen LogP contribution in [0.5, 0.6) is 0 Å². The third-order valence-corrected chi connectivity index (χ3v) is 2.38. The fraction of sp³-hybridized carbons (Fsp3) is 0.250. The van der Waals surface area contributed by atoms with Gasteiger partial charge in [-0.1, -0.05) is 0 Å². The van der Waals surface area contributed by atoms with E-state index in [1.807, 2.05) is 26.0 Å². The Hall–Kier alpha value is -1.97. The number of rotatable bonds is 3. The minimum atomic E-state index is 0.855. The summed E-state index contributed by atoms with van der Waals surface area (Å²) in [4.78, 5) is 12.5. The molecule has 0 aromatic carbocycles. The quantitative estimate of drug-likeness (QED) is 0.851. The molecule has 0 atom stereocenters. The topological polar surface area (TPSA) is 50.7 Å². The Morgan fingerprint density at radius 2 is 1.94 bits per heavy atom. The smallest absolute Gasteiger partial charge is 0.132 e. The number of nitrogens with one attached hydrogen (secondary N) is 1. The molecule has 2 heterocycles. The molecule has 4 nitrogen and oxygen atoms in total. The van der Waals surface area contributed by atoms with Crippen molar-refractivity contribution in [2.45, 2.75) is 13.8 Å². The van der Waals surface area contributed by atoms with E-state index in [0.29, 0.717) is 0 Å². The van der Waals surface area contributed by atoms with Crippen LogP contribution in [0.25, 0.3) is 11.3 Å². The Kier molecular flexibility index (Phi) is 3.10. The third kappa shape index (κ3) is 2.00. The lowest BCUT2D eigenvalue weighted by Gasteiger charge is -2.09. The van der Waals surface area contributed by atoms with Crippen molar-refractivity contribution in [3.63, 3.8) is 0 Å². The van der Waals surface area contributed by atoms with Gasteiger partial charge in [0.1, 0.15) is 12.1 Å². The first-order chi connectivity index (χ1) is 7.83. The van der Waals surface area contributed by atoms with Crippen molar-refractivity contribution in [2.75, 3.05) is 11.9 Å². The summed E-state index contributed by atoms with van der Waals surface area (Å²) in [6.45, 7) is 4.93. The van der Waals surface area contributed by atoms with Gasteiger partial charge in [0, 0.05) is 30.1 Å². The van der Waals surface area contributed by atoms with E-state index in [2.05, 4.69) is 20.3 Å². The summed E-state index contributed by atoms with van der Waals surface area (Å²) < 4.78 is 0. The summed E-state index contributed by atoms with van der Waals surface area (Å²) in [5.74, 6) is 0.893. The molecule has 0 bridgehead atoms. The molecule has 82 valence electrons. The van der Waals surface area contributed by atoms with Gasteiger partial charge < -0.3 is 5.32 Å². The number of hydrogen-bond donors (Lipinski definition) is 1. The molecule has 0 unspecified atom stereocenters. The van der Waals surface area contributed by atoms with E-state index >= 15 is 0 Å². The Morgan fingerprint density at radius 1 is 1.19 bits per heavy atom. The zero-order valence-corrected chi connectivity index (χ0v) is 9.44. The van der Waals surface area contributed by atoms with Gasteiger partial charge in [-0.2, -0.15) is 0 Å². The van der Waals surface area contributed by atoms with E-state index in [1.165, 1.54) is 0 Å². The Bertz CT molecular complexity index is 468. The number of anilines is 1. The number of aromatic nitrogens is 3. The highest BCUT2D eigenvalue weighted by Gasteiger charge is 2.07. The van der Waals surface area contributed by atoms with Crippen molar-refractivity contribution >= 4 is 5.82 Å². The van der Waals surface area contributed by atoms with Crippen molar-refractivity contribution in [3.05, 3.63) is 36.4 Å². The maximum absolute atomic E-state index is 4.31. The van der Waals surface area contributed by atoms with Gasteiger partial charge in [0.15, 0.2) is 0 Å². The largest absolute Gasteiger partial charge is 0.370 e. The van der Waals surface area contributed by atoms with Crippen LogP contribution in [0, 0.1) is 6.92 Å². The highest BCUT2D eigenvalue weighted by molar-refractivity contribution is 5.67. The van der Waals surface area contributed by atoms with E-state index in [9.17, 15) is 0 Å². The normalized spacial score (nSPS) is 10.1. The first kappa shape index (κ1) is 10.5. The monoisotopic (exact) mass is 214 g/mol. The average Bonchev–Trinajstić information content (AvgIpc) is 2.33. The van der Waals surface area contributed by atoms with Gasteiger partial charge in [-0.05, 0) is 26.0 Å². The lowest BCUT2D eigenvalue weighted by molar-refractivity contribution is 1.09. The van der Waals surface area contributed by atoms with Gasteiger partial charge in [0.2, 0.25) is 0 Å². The van der Waals surface area contributed by atoms with Crippen LogP contribution in [0.2, 0.25) is 0 Å². The molecule has 16 heavy (non-hydrogen) atoms. The molecule has 0 amide bonds. The summed E-state index contributed by atoms with van der Waals surface area (Å²) in [5.41, 5.74) is 3.08. The maximum Gasteiger partial charge on any atom is 0.132 e. The Labute approximate surface area is 94.8 Å². The minimum absolute atomic E-state index is 0.855. The second-order valence-corrected chi connectivity index (χ2v) is 3.46. The maximum atomic E-state index is 4.31. The molecule has 0 spiro atoms. The summed E-state index contributed by atoms with van der Waals surface area (Å²) in [7, 11) is 0. The molecule has 0 radical (unpaired) electrons. The van der Waals surface area contributed by atoms with Crippen molar-refractivity contribution in [1.82, 2.24) is 15.0 Å². The van der Waals surface area contributed by atoms with E-state index in [4.69, 9.17) is 0 Å². The van der Waals surface area contributed by atoms with E-state index < -0.39 is 0 Å². The average molecular weight is 214 g/mol. The number of hydrogen-bond acceptors (Lipinski definition) is 4. The summed E-state index contributed by atoms with van der Waals surface area (Å²) >= 11 is 0. The molecule has 1 N–H and O–H groups in total. The van der Waals surface area contributed by atoms with Crippen molar-refractivity contribution in [3.8, 4) is 11.3 Å². The molecule has 2 aromatic heterocycles. The van der Waals surface area contributed by atoms with Crippen LogP contribution in [0.1, 0.15) is 12.5 Å². The fourth-order valence-corrected chi connectivity index (χ4v) is 1.60. The molecule has 0 aliphatic heterocycles. The van der Waals surface area contributed by atoms with Crippen molar-refractivity contribution in [1.29, 1.82) is 0 Å². The molecule has 0 fully saturated rings. The molecule has 0 aliphatic rings. The Morgan fingerprint density at radius 3 is 2.62 bits per heavy atom. The van der Waals surface area contributed by atoms with E-state index in [-0.39, 0.29) is 0 Å². The van der Waals surface area contributed by atoms with Crippen LogP contribution in [0.4, 0.5) is 5.82 Å². The standard InChI is InChI=1S/C12H14N4/c1-3-14-12-9(2)11(15-8-16-12)10-4-6-13-7-5-10/h4-8H,3H2,1-2H3,(H,14,15,16). The van der Waals surface area contributed by atoms with Crippen molar-refractivity contribution < 1.29 is 0 Å². The van der Waals surface area contributed by atoms with Crippen LogP contribution in [0.3, 0.4) is 0 Å². The molecule has 0 saturated carbocycles. The van der Waals surface area contributed by atoms with Crippen LogP contribution in [-0.2, 0) is 0 Å². The van der Waals surface area contributed by atoms with Gasteiger partial charge in [-0.25, -0.2) is 9.97 Å². The molecule has 2 aromatic rings. The van der Waals surface area contributed by atoms with Crippen molar-refractivity contribution in [2.24, 2.45) is 0 Å². The van der Waals surface area contributed by atoms with Crippen LogP contribution < -0.4 is 5.32 Å². The number of nitrogens with zero attached hydrogens (tertiary/aromatic N) is 3. The zero-order valence-electron chi connectivity index (χ0n) is 9.44. The molecule has 4 heteroatoms. The van der Waals surface area contributed by atoms with Crippen LogP contribution >= 0.6 is 0 Å². The summed E-state index contributed by atoms with van der Waals surface area (Å²) in [6, 6.07) is 3.90. The van der Waals surface area contributed by atoms with E-state index in [0.717, 1.165) is 29.2 Å². The molecular formula is C12H14N4. The first-order valence-electron chi connectivity index (χ1n) is 5.28. The lowest BCUT2D eigenvalue weighted by atomic mass is 10.1. The minimum Gasteiger partial charge on any atom is -0.370 e. The highest BCUT2D eigenvalue weighted by Crippen LogP contribution is 2.23. The molecule has 2 rings (SSSR count). The molecular weight excluding hydrogens is 200 g/mol. The number of pyridine rings is 1. The zero-order chi connectivity index (χ0) is 11.4. The predicted molar refractivity (Wildman–Crippen MR) is 64.2 cm³/mol. The SMILES string of the molecule is CCNc1ncnc(-c2ccncc2)c1C. The third-order valence-electron chi connectivity index (χ3n) is 2.38. The van der Waals surface area contributed by atoms with Crippen LogP contribution in [0.15, 0.2) is 30.9 Å². The lowest BCUT2D eigenvalue weighted by Crippen LogP contribution is -2.03. The van der Waals surface area contributed by atoms with Gasteiger partial charge >= 0.3 is 0 Å². The predicted octanol–water partition coefficient (Wildman–Crippen LogP) is 2.28. The second kappa shape index (κ2) is 4.70.